The molecule has 2 aromatic carbocycles. The van der Waals surface area contributed by atoms with Gasteiger partial charge in [-0.15, -0.1) is 0 Å². The van der Waals surface area contributed by atoms with Crippen LogP contribution < -0.4 is 20.1 Å². The Morgan fingerprint density at radius 2 is 1.88 bits per heavy atom. The molecular formula is C18H21ClN2O3. The highest BCUT2D eigenvalue weighted by atomic mass is 35.5. The monoisotopic (exact) mass is 348 g/mol. The molecule has 2 rings (SSSR count). The fourth-order valence-electron chi connectivity index (χ4n) is 2.23. The molecule has 6 heteroatoms. The standard InChI is InChI=1S/C18H21ClN2O3/c1-12-4-6-16(13(2)10-12)24-9-8-20-18(22)21-15-11-14(19)5-7-17(15)23-3/h4-7,10-11H,8-9H2,1-3H3,(H2,20,21,22). The molecule has 0 aliphatic heterocycles. The van der Waals surface area contributed by atoms with Crippen molar-refractivity contribution in [3.8, 4) is 11.5 Å². The lowest BCUT2D eigenvalue weighted by Crippen LogP contribution is -2.32. The van der Waals surface area contributed by atoms with Gasteiger partial charge >= 0.3 is 6.03 Å². The van der Waals surface area contributed by atoms with Gasteiger partial charge in [0.1, 0.15) is 18.1 Å². The molecule has 0 bridgehead atoms. The number of amides is 2. The van der Waals surface area contributed by atoms with Gasteiger partial charge in [-0.1, -0.05) is 29.3 Å². The summed E-state index contributed by atoms with van der Waals surface area (Å²) in [6.07, 6.45) is 0. The summed E-state index contributed by atoms with van der Waals surface area (Å²) in [5, 5.41) is 5.95. The Labute approximate surface area is 146 Å². The number of aryl methyl sites for hydroxylation is 2. The summed E-state index contributed by atoms with van der Waals surface area (Å²) >= 11 is 5.93. The van der Waals surface area contributed by atoms with E-state index in [0.29, 0.717) is 29.6 Å². The number of nitrogens with one attached hydrogen (secondary N) is 2. The first-order chi connectivity index (χ1) is 11.5. The van der Waals surface area contributed by atoms with Gasteiger partial charge in [-0.05, 0) is 43.7 Å². The van der Waals surface area contributed by atoms with Crippen molar-refractivity contribution in [3.63, 3.8) is 0 Å². The SMILES string of the molecule is COc1ccc(Cl)cc1NC(=O)NCCOc1ccc(C)cc1C. The highest BCUT2D eigenvalue weighted by molar-refractivity contribution is 6.31. The number of rotatable bonds is 6. The first kappa shape index (κ1) is 17.9. The van der Waals surface area contributed by atoms with Crippen LogP contribution in [0.2, 0.25) is 5.02 Å². The minimum atomic E-state index is -0.347. The van der Waals surface area contributed by atoms with E-state index in [1.165, 1.54) is 12.7 Å². The first-order valence-electron chi connectivity index (χ1n) is 7.58. The summed E-state index contributed by atoms with van der Waals surface area (Å²) in [4.78, 5) is 11.9. The third kappa shape index (κ3) is 5.06. The summed E-state index contributed by atoms with van der Waals surface area (Å²) < 4.78 is 10.8. The van der Waals surface area contributed by atoms with Crippen molar-refractivity contribution in [2.45, 2.75) is 13.8 Å². The molecule has 0 spiro atoms. The third-order valence-electron chi connectivity index (χ3n) is 3.39. The van der Waals surface area contributed by atoms with Crippen LogP contribution >= 0.6 is 11.6 Å². The van der Waals surface area contributed by atoms with Crippen molar-refractivity contribution < 1.29 is 14.3 Å². The van der Waals surface area contributed by atoms with Crippen LogP contribution in [0.5, 0.6) is 11.5 Å². The zero-order chi connectivity index (χ0) is 17.5. The van der Waals surface area contributed by atoms with Crippen molar-refractivity contribution in [2.75, 3.05) is 25.6 Å². The van der Waals surface area contributed by atoms with Crippen LogP contribution in [0.4, 0.5) is 10.5 Å². The van der Waals surface area contributed by atoms with E-state index in [4.69, 9.17) is 21.1 Å². The fraction of sp³-hybridized carbons (Fsp3) is 0.278. The largest absolute Gasteiger partial charge is 0.495 e. The van der Waals surface area contributed by atoms with Crippen LogP contribution in [-0.4, -0.2) is 26.3 Å². The summed E-state index contributed by atoms with van der Waals surface area (Å²) in [5.74, 6) is 1.36. The molecule has 0 saturated carbocycles. The number of benzene rings is 2. The van der Waals surface area contributed by atoms with Gasteiger partial charge < -0.3 is 20.1 Å². The Balaban J connectivity index is 1.80. The summed E-state index contributed by atoms with van der Waals surface area (Å²) in [6, 6.07) is 10.7. The van der Waals surface area contributed by atoms with Crippen molar-refractivity contribution in [1.29, 1.82) is 0 Å². The van der Waals surface area contributed by atoms with Crippen molar-refractivity contribution in [3.05, 3.63) is 52.5 Å². The molecule has 0 radical (unpaired) electrons. The normalized spacial score (nSPS) is 10.2. The van der Waals surface area contributed by atoms with E-state index in [0.717, 1.165) is 11.3 Å². The second-order valence-corrected chi connectivity index (χ2v) is 5.78. The summed E-state index contributed by atoms with van der Waals surface area (Å²) in [5.41, 5.74) is 2.77. The summed E-state index contributed by atoms with van der Waals surface area (Å²) in [7, 11) is 1.53. The molecule has 24 heavy (non-hydrogen) atoms. The second kappa shape index (κ2) is 8.45. The molecule has 0 aliphatic rings. The number of hydrogen-bond acceptors (Lipinski definition) is 3. The van der Waals surface area contributed by atoms with Crippen molar-refractivity contribution >= 4 is 23.3 Å². The third-order valence-corrected chi connectivity index (χ3v) is 3.62. The van der Waals surface area contributed by atoms with E-state index < -0.39 is 0 Å². The van der Waals surface area contributed by atoms with Gasteiger partial charge in [-0.2, -0.15) is 0 Å². The molecule has 0 unspecified atom stereocenters. The fourth-order valence-corrected chi connectivity index (χ4v) is 2.40. The quantitative estimate of drug-likeness (QED) is 0.770. The van der Waals surface area contributed by atoms with Gasteiger partial charge in [-0.3, -0.25) is 0 Å². The van der Waals surface area contributed by atoms with Crippen LogP contribution in [0.1, 0.15) is 11.1 Å². The number of urea groups is 1. The molecule has 128 valence electrons. The van der Waals surface area contributed by atoms with Crippen molar-refractivity contribution in [2.24, 2.45) is 0 Å². The van der Waals surface area contributed by atoms with E-state index >= 15 is 0 Å². The topological polar surface area (TPSA) is 59.6 Å². The number of anilines is 1. The van der Waals surface area contributed by atoms with Crippen LogP contribution in [-0.2, 0) is 0 Å². The highest BCUT2D eigenvalue weighted by Crippen LogP contribution is 2.27. The number of hydrogen-bond donors (Lipinski definition) is 2. The molecular weight excluding hydrogens is 328 g/mol. The maximum atomic E-state index is 11.9. The average Bonchev–Trinajstić information content (AvgIpc) is 2.53. The molecule has 2 amide bonds. The molecule has 2 N–H and O–H groups in total. The minimum Gasteiger partial charge on any atom is -0.495 e. The van der Waals surface area contributed by atoms with E-state index in [1.54, 1.807) is 18.2 Å². The van der Waals surface area contributed by atoms with E-state index in [1.807, 2.05) is 26.0 Å². The number of carbonyl (C=O) groups excluding carboxylic acids is 1. The molecule has 0 fully saturated rings. The van der Waals surface area contributed by atoms with Gasteiger partial charge in [0, 0.05) is 5.02 Å². The van der Waals surface area contributed by atoms with Crippen LogP contribution in [0.25, 0.3) is 0 Å². The molecule has 0 saturated heterocycles. The van der Waals surface area contributed by atoms with E-state index in [9.17, 15) is 4.79 Å². The molecule has 0 aromatic heterocycles. The first-order valence-corrected chi connectivity index (χ1v) is 7.96. The Hall–Kier alpha value is -2.40. The zero-order valence-corrected chi connectivity index (χ0v) is 14.7. The van der Waals surface area contributed by atoms with Gasteiger partial charge in [-0.25, -0.2) is 4.79 Å². The predicted molar refractivity (Wildman–Crippen MR) is 96.4 cm³/mol. The van der Waals surface area contributed by atoms with Gasteiger partial charge in [0.05, 0.1) is 19.3 Å². The lowest BCUT2D eigenvalue weighted by atomic mass is 10.1. The number of methoxy groups -OCH3 is 1. The molecule has 2 aromatic rings. The minimum absolute atomic E-state index is 0.347. The highest BCUT2D eigenvalue weighted by Gasteiger charge is 2.08. The Morgan fingerprint density at radius 3 is 2.58 bits per heavy atom. The van der Waals surface area contributed by atoms with E-state index in [2.05, 4.69) is 16.7 Å². The van der Waals surface area contributed by atoms with Crippen LogP contribution in [0.3, 0.4) is 0 Å². The smallest absolute Gasteiger partial charge is 0.319 e. The molecule has 5 nitrogen and oxygen atoms in total. The number of ether oxygens (including phenoxy) is 2. The molecule has 0 atom stereocenters. The Kier molecular flexibility index (Phi) is 6.32. The maximum Gasteiger partial charge on any atom is 0.319 e. The number of carbonyl (C=O) groups is 1. The maximum absolute atomic E-state index is 11.9. The van der Waals surface area contributed by atoms with Gasteiger partial charge in [0.15, 0.2) is 0 Å². The van der Waals surface area contributed by atoms with Crippen LogP contribution in [0, 0.1) is 13.8 Å². The second-order valence-electron chi connectivity index (χ2n) is 5.34. The molecule has 0 heterocycles. The zero-order valence-electron chi connectivity index (χ0n) is 14.0. The number of halogens is 1. The van der Waals surface area contributed by atoms with Crippen LogP contribution in [0.15, 0.2) is 36.4 Å². The van der Waals surface area contributed by atoms with Gasteiger partial charge in [0.2, 0.25) is 0 Å². The summed E-state index contributed by atoms with van der Waals surface area (Å²) in [6.45, 7) is 4.78. The van der Waals surface area contributed by atoms with Gasteiger partial charge in [0.25, 0.3) is 0 Å². The Morgan fingerprint density at radius 1 is 1.12 bits per heavy atom. The molecule has 0 aliphatic carbocycles. The predicted octanol–water partition coefficient (Wildman–Crippen LogP) is 4.17. The lowest BCUT2D eigenvalue weighted by Gasteiger charge is -2.13. The Bertz CT molecular complexity index is 719. The average molecular weight is 349 g/mol. The van der Waals surface area contributed by atoms with Crippen molar-refractivity contribution in [1.82, 2.24) is 5.32 Å². The van der Waals surface area contributed by atoms with E-state index in [-0.39, 0.29) is 6.03 Å². The lowest BCUT2D eigenvalue weighted by molar-refractivity contribution is 0.247.